The van der Waals surface area contributed by atoms with Crippen molar-refractivity contribution in [3.05, 3.63) is 35.7 Å². The predicted octanol–water partition coefficient (Wildman–Crippen LogP) is 3.24. The van der Waals surface area contributed by atoms with E-state index in [1.807, 2.05) is 18.5 Å². The summed E-state index contributed by atoms with van der Waals surface area (Å²) in [4.78, 5) is 0. The molecule has 0 unspecified atom stereocenters. The van der Waals surface area contributed by atoms with E-state index < -0.39 is 5.60 Å². The Balaban J connectivity index is 1.87. The number of rotatable bonds is 4. The zero-order chi connectivity index (χ0) is 20.2. The molecular formula is C21H31BN2O3. The van der Waals surface area contributed by atoms with E-state index in [1.54, 1.807) is 13.8 Å². The van der Waals surface area contributed by atoms with Crippen molar-refractivity contribution in [2.45, 2.75) is 78.7 Å². The van der Waals surface area contributed by atoms with E-state index in [-0.39, 0.29) is 18.3 Å². The summed E-state index contributed by atoms with van der Waals surface area (Å²) < 4.78 is 14.2. The maximum Gasteiger partial charge on any atom is 0.494 e. The van der Waals surface area contributed by atoms with Crippen molar-refractivity contribution in [2.24, 2.45) is 0 Å². The summed E-state index contributed by atoms with van der Waals surface area (Å²) in [7, 11) is -0.357. The third-order valence-corrected chi connectivity index (χ3v) is 5.64. The van der Waals surface area contributed by atoms with Gasteiger partial charge in [-0.1, -0.05) is 24.3 Å². The van der Waals surface area contributed by atoms with Crippen LogP contribution < -0.4 is 5.46 Å². The van der Waals surface area contributed by atoms with E-state index >= 15 is 0 Å². The quantitative estimate of drug-likeness (QED) is 0.840. The van der Waals surface area contributed by atoms with Crippen LogP contribution in [0.3, 0.4) is 0 Å². The van der Waals surface area contributed by atoms with E-state index in [1.165, 1.54) is 0 Å². The number of aliphatic hydroxyl groups is 1. The van der Waals surface area contributed by atoms with E-state index in [0.29, 0.717) is 6.54 Å². The van der Waals surface area contributed by atoms with E-state index in [2.05, 4.69) is 57.1 Å². The molecular weight excluding hydrogens is 339 g/mol. The largest absolute Gasteiger partial charge is 0.494 e. The smallest absolute Gasteiger partial charge is 0.399 e. The molecule has 1 saturated heterocycles. The van der Waals surface area contributed by atoms with Gasteiger partial charge in [0.05, 0.1) is 29.0 Å². The predicted molar refractivity (Wildman–Crippen MR) is 109 cm³/mol. The van der Waals surface area contributed by atoms with Crippen molar-refractivity contribution in [3.8, 4) is 11.1 Å². The highest BCUT2D eigenvalue weighted by Crippen LogP contribution is 2.36. The Hall–Kier alpha value is -1.63. The number of nitrogens with zero attached hydrogens (tertiary/aromatic N) is 2. The highest BCUT2D eigenvalue weighted by molar-refractivity contribution is 6.62. The molecule has 2 aromatic rings. The number of aromatic nitrogens is 2. The van der Waals surface area contributed by atoms with Gasteiger partial charge in [-0.3, -0.25) is 4.68 Å². The van der Waals surface area contributed by atoms with Crippen molar-refractivity contribution >= 4 is 12.6 Å². The highest BCUT2D eigenvalue weighted by Gasteiger charge is 2.51. The summed E-state index contributed by atoms with van der Waals surface area (Å²) in [6.45, 7) is 16.3. The first-order chi connectivity index (χ1) is 12.3. The number of hydrogen-bond donors (Lipinski definition) is 1. The van der Waals surface area contributed by atoms with Crippen molar-refractivity contribution < 1.29 is 14.4 Å². The molecule has 3 rings (SSSR count). The SMILES string of the molecule is Cc1nn(CC(C)(C)O)c(C)c1-c1ccc(B2OC(C)(C)C(C)(C)O2)cc1. The molecule has 1 aromatic heterocycles. The van der Waals surface area contributed by atoms with Crippen LogP contribution in [0.2, 0.25) is 0 Å². The fourth-order valence-corrected chi connectivity index (χ4v) is 3.42. The lowest BCUT2D eigenvalue weighted by Crippen LogP contribution is -2.41. The van der Waals surface area contributed by atoms with Crippen LogP contribution in [0, 0.1) is 13.8 Å². The fraction of sp³-hybridized carbons (Fsp3) is 0.571. The molecule has 146 valence electrons. The Morgan fingerprint density at radius 3 is 2.04 bits per heavy atom. The molecule has 1 aromatic carbocycles. The zero-order valence-electron chi connectivity index (χ0n) is 17.8. The van der Waals surface area contributed by atoms with E-state index in [0.717, 1.165) is 28.0 Å². The summed E-state index contributed by atoms with van der Waals surface area (Å²) in [6.07, 6.45) is 0. The maximum absolute atomic E-state index is 10.1. The van der Waals surface area contributed by atoms with Gasteiger partial charge in [0.25, 0.3) is 0 Å². The van der Waals surface area contributed by atoms with Crippen LogP contribution in [0.5, 0.6) is 0 Å². The van der Waals surface area contributed by atoms with Crippen LogP contribution in [0.25, 0.3) is 11.1 Å². The summed E-state index contributed by atoms with van der Waals surface area (Å²) in [5.41, 5.74) is 3.74. The molecule has 1 aliphatic heterocycles. The van der Waals surface area contributed by atoms with Crippen LogP contribution >= 0.6 is 0 Å². The molecule has 1 N–H and O–H groups in total. The first-order valence-electron chi connectivity index (χ1n) is 9.53. The van der Waals surface area contributed by atoms with E-state index in [9.17, 15) is 5.11 Å². The summed E-state index contributed by atoms with van der Waals surface area (Å²) in [6, 6.07) is 8.30. The molecule has 5 nitrogen and oxygen atoms in total. The summed E-state index contributed by atoms with van der Waals surface area (Å²) >= 11 is 0. The molecule has 6 heteroatoms. The van der Waals surface area contributed by atoms with E-state index in [4.69, 9.17) is 9.31 Å². The molecule has 0 radical (unpaired) electrons. The fourth-order valence-electron chi connectivity index (χ4n) is 3.42. The van der Waals surface area contributed by atoms with Crippen molar-refractivity contribution in [3.63, 3.8) is 0 Å². The minimum atomic E-state index is -0.804. The van der Waals surface area contributed by atoms with Crippen molar-refractivity contribution in [1.82, 2.24) is 9.78 Å². The van der Waals surface area contributed by atoms with Gasteiger partial charge in [0.15, 0.2) is 0 Å². The topological polar surface area (TPSA) is 56.5 Å². The Morgan fingerprint density at radius 2 is 1.56 bits per heavy atom. The minimum Gasteiger partial charge on any atom is -0.399 e. The summed E-state index contributed by atoms with van der Waals surface area (Å²) in [5.74, 6) is 0. The van der Waals surface area contributed by atoms with Gasteiger partial charge in [-0.25, -0.2) is 0 Å². The third-order valence-electron chi connectivity index (χ3n) is 5.64. The average Bonchev–Trinajstić information content (AvgIpc) is 2.90. The Kier molecular flexibility index (Phi) is 4.82. The lowest BCUT2D eigenvalue weighted by atomic mass is 9.78. The van der Waals surface area contributed by atoms with Crippen LogP contribution in [-0.2, 0) is 15.9 Å². The molecule has 0 atom stereocenters. The van der Waals surface area contributed by atoms with Gasteiger partial charge >= 0.3 is 7.12 Å². The van der Waals surface area contributed by atoms with Gasteiger partial charge < -0.3 is 14.4 Å². The van der Waals surface area contributed by atoms with Crippen LogP contribution in [0.15, 0.2) is 24.3 Å². The second kappa shape index (κ2) is 6.47. The van der Waals surface area contributed by atoms with Gasteiger partial charge in [0.2, 0.25) is 0 Å². The zero-order valence-corrected chi connectivity index (χ0v) is 17.8. The average molecular weight is 370 g/mol. The van der Waals surface area contributed by atoms with Crippen molar-refractivity contribution in [2.75, 3.05) is 0 Å². The second-order valence-corrected chi connectivity index (χ2v) is 9.23. The standard InChI is InChI=1S/C21H31BN2O3/c1-14-18(15(2)24(23-14)13-19(3,4)25)16-9-11-17(12-10-16)22-26-20(5,6)21(7,8)27-22/h9-12,25H,13H2,1-8H3. The Morgan fingerprint density at radius 1 is 1.04 bits per heavy atom. The normalized spacial score (nSPS) is 18.9. The minimum absolute atomic E-state index is 0.345. The van der Waals surface area contributed by atoms with Gasteiger partial charge in [-0.2, -0.15) is 5.10 Å². The number of aryl methyl sites for hydroxylation is 1. The van der Waals surface area contributed by atoms with Crippen molar-refractivity contribution in [1.29, 1.82) is 0 Å². The highest BCUT2D eigenvalue weighted by atomic mass is 16.7. The second-order valence-electron chi connectivity index (χ2n) is 9.23. The van der Waals surface area contributed by atoms with Crippen LogP contribution in [0.1, 0.15) is 52.9 Å². The summed E-state index contributed by atoms with van der Waals surface area (Å²) in [5, 5.41) is 14.7. The molecule has 1 aliphatic rings. The molecule has 0 bridgehead atoms. The molecule has 0 saturated carbocycles. The molecule has 27 heavy (non-hydrogen) atoms. The Bertz CT molecular complexity index is 816. The van der Waals surface area contributed by atoms with Gasteiger partial charge in [-0.05, 0) is 66.4 Å². The Labute approximate surface area is 162 Å². The van der Waals surface area contributed by atoms with Gasteiger partial charge in [-0.15, -0.1) is 0 Å². The third kappa shape index (κ3) is 3.84. The number of benzene rings is 1. The van der Waals surface area contributed by atoms with Crippen LogP contribution in [-0.4, -0.2) is 38.8 Å². The molecule has 0 amide bonds. The first-order valence-corrected chi connectivity index (χ1v) is 9.53. The molecule has 1 fully saturated rings. The lowest BCUT2D eigenvalue weighted by Gasteiger charge is -2.32. The van der Waals surface area contributed by atoms with Gasteiger partial charge in [0, 0.05) is 11.3 Å². The number of hydrogen-bond acceptors (Lipinski definition) is 4. The molecule has 0 aliphatic carbocycles. The monoisotopic (exact) mass is 370 g/mol. The van der Waals surface area contributed by atoms with Crippen LogP contribution in [0.4, 0.5) is 0 Å². The molecule has 0 spiro atoms. The lowest BCUT2D eigenvalue weighted by molar-refractivity contribution is 0.00578. The first kappa shape index (κ1) is 20.1. The maximum atomic E-state index is 10.1. The molecule has 2 heterocycles. The van der Waals surface area contributed by atoms with Gasteiger partial charge in [0.1, 0.15) is 0 Å².